The summed E-state index contributed by atoms with van der Waals surface area (Å²) >= 11 is 0. The van der Waals surface area contributed by atoms with Crippen LogP contribution in [0.4, 0.5) is 16.3 Å². The Labute approximate surface area is 115 Å². The van der Waals surface area contributed by atoms with Crippen LogP contribution in [0, 0.1) is 6.92 Å². The minimum absolute atomic E-state index is 0.358. The van der Waals surface area contributed by atoms with E-state index >= 15 is 0 Å². The summed E-state index contributed by atoms with van der Waals surface area (Å²) in [5.41, 5.74) is 1.59. The van der Waals surface area contributed by atoms with Crippen molar-refractivity contribution >= 4 is 17.6 Å². The quantitative estimate of drug-likeness (QED) is 0.821. The van der Waals surface area contributed by atoms with E-state index in [2.05, 4.69) is 23.7 Å². The van der Waals surface area contributed by atoms with E-state index in [1.54, 1.807) is 14.0 Å². The predicted molar refractivity (Wildman–Crippen MR) is 78.0 cm³/mol. The van der Waals surface area contributed by atoms with Crippen LogP contribution in [0.2, 0.25) is 0 Å². The SMILES string of the molecule is CCOC(=O)N(C)c1ccc(N(CC)CC)nc1C. The van der Waals surface area contributed by atoms with Gasteiger partial charge in [0, 0.05) is 20.1 Å². The van der Waals surface area contributed by atoms with Crippen LogP contribution >= 0.6 is 0 Å². The monoisotopic (exact) mass is 265 g/mol. The van der Waals surface area contributed by atoms with Crippen molar-refractivity contribution in [2.45, 2.75) is 27.7 Å². The third kappa shape index (κ3) is 3.59. The van der Waals surface area contributed by atoms with Gasteiger partial charge in [0.25, 0.3) is 0 Å². The van der Waals surface area contributed by atoms with E-state index in [1.165, 1.54) is 4.90 Å². The molecule has 0 unspecified atom stereocenters. The fraction of sp³-hybridized carbons (Fsp3) is 0.571. The Morgan fingerprint density at radius 3 is 2.37 bits per heavy atom. The number of ether oxygens (including phenoxy) is 1. The first-order valence-corrected chi connectivity index (χ1v) is 6.68. The zero-order valence-corrected chi connectivity index (χ0v) is 12.4. The molecule has 0 aliphatic heterocycles. The Morgan fingerprint density at radius 2 is 1.89 bits per heavy atom. The summed E-state index contributed by atoms with van der Waals surface area (Å²) in [6, 6.07) is 3.85. The van der Waals surface area contributed by atoms with Crippen molar-refractivity contribution in [3.8, 4) is 0 Å². The first-order chi connectivity index (χ1) is 9.04. The van der Waals surface area contributed by atoms with Gasteiger partial charge < -0.3 is 9.64 Å². The number of anilines is 2. The minimum Gasteiger partial charge on any atom is -0.449 e. The number of carbonyl (C=O) groups is 1. The van der Waals surface area contributed by atoms with E-state index in [-0.39, 0.29) is 6.09 Å². The van der Waals surface area contributed by atoms with Crippen LogP contribution in [0.15, 0.2) is 12.1 Å². The highest BCUT2D eigenvalue weighted by Crippen LogP contribution is 2.21. The van der Waals surface area contributed by atoms with Crippen molar-refractivity contribution < 1.29 is 9.53 Å². The number of nitrogens with zero attached hydrogens (tertiary/aromatic N) is 3. The van der Waals surface area contributed by atoms with E-state index in [1.807, 2.05) is 19.1 Å². The Hall–Kier alpha value is -1.78. The van der Waals surface area contributed by atoms with Crippen molar-refractivity contribution in [2.75, 3.05) is 36.5 Å². The van der Waals surface area contributed by atoms with Crippen LogP contribution in [-0.4, -0.2) is 37.8 Å². The van der Waals surface area contributed by atoms with Crippen molar-refractivity contribution in [1.82, 2.24) is 4.98 Å². The zero-order valence-electron chi connectivity index (χ0n) is 12.4. The summed E-state index contributed by atoms with van der Waals surface area (Å²) in [5.74, 6) is 0.934. The van der Waals surface area contributed by atoms with Gasteiger partial charge in [-0.1, -0.05) is 0 Å². The average molecular weight is 265 g/mol. The van der Waals surface area contributed by atoms with E-state index in [4.69, 9.17) is 4.74 Å². The number of aryl methyl sites for hydroxylation is 1. The largest absolute Gasteiger partial charge is 0.449 e. The highest BCUT2D eigenvalue weighted by Gasteiger charge is 2.15. The van der Waals surface area contributed by atoms with Crippen molar-refractivity contribution in [3.05, 3.63) is 17.8 Å². The summed E-state index contributed by atoms with van der Waals surface area (Å²) < 4.78 is 4.98. The number of carbonyl (C=O) groups excluding carboxylic acids is 1. The van der Waals surface area contributed by atoms with Gasteiger partial charge in [-0.25, -0.2) is 9.78 Å². The molecule has 5 nitrogen and oxygen atoms in total. The van der Waals surface area contributed by atoms with Crippen LogP contribution in [0.25, 0.3) is 0 Å². The van der Waals surface area contributed by atoms with Crippen LogP contribution in [0.3, 0.4) is 0 Å². The normalized spacial score (nSPS) is 10.2. The Kier molecular flexibility index (Phi) is 5.60. The molecule has 0 N–H and O–H groups in total. The molecule has 0 saturated heterocycles. The van der Waals surface area contributed by atoms with Crippen LogP contribution in [-0.2, 0) is 4.74 Å². The molecule has 1 rings (SSSR count). The molecule has 0 aliphatic carbocycles. The summed E-state index contributed by atoms with van der Waals surface area (Å²) in [6.45, 7) is 10.1. The molecule has 0 spiro atoms. The Balaban J connectivity index is 2.97. The molecule has 0 aliphatic rings. The van der Waals surface area contributed by atoms with Gasteiger partial charge >= 0.3 is 6.09 Å². The van der Waals surface area contributed by atoms with Gasteiger partial charge in [-0.15, -0.1) is 0 Å². The van der Waals surface area contributed by atoms with E-state index < -0.39 is 0 Å². The minimum atomic E-state index is -0.358. The van der Waals surface area contributed by atoms with Gasteiger partial charge in [0.05, 0.1) is 18.0 Å². The molecule has 0 radical (unpaired) electrons. The predicted octanol–water partition coefficient (Wildman–Crippen LogP) is 2.83. The summed E-state index contributed by atoms with van der Waals surface area (Å²) in [5, 5.41) is 0. The molecule has 106 valence electrons. The smallest absolute Gasteiger partial charge is 0.414 e. The lowest BCUT2D eigenvalue weighted by atomic mass is 10.3. The fourth-order valence-corrected chi connectivity index (χ4v) is 1.94. The van der Waals surface area contributed by atoms with Crippen LogP contribution in [0.1, 0.15) is 26.5 Å². The molecule has 0 atom stereocenters. The maximum atomic E-state index is 11.7. The number of hydrogen-bond acceptors (Lipinski definition) is 4. The number of rotatable bonds is 5. The Morgan fingerprint density at radius 1 is 1.26 bits per heavy atom. The molecule has 1 heterocycles. The molecule has 1 aromatic rings. The van der Waals surface area contributed by atoms with Crippen molar-refractivity contribution in [1.29, 1.82) is 0 Å². The van der Waals surface area contributed by atoms with Gasteiger partial charge in [-0.3, -0.25) is 4.90 Å². The van der Waals surface area contributed by atoms with Gasteiger partial charge in [0.15, 0.2) is 0 Å². The van der Waals surface area contributed by atoms with Crippen molar-refractivity contribution in [2.24, 2.45) is 0 Å². The zero-order chi connectivity index (χ0) is 14.4. The summed E-state index contributed by atoms with van der Waals surface area (Å²) in [6.07, 6.45) is -0.358. The second-order valence-corrected chi connectivity index (χ2v) is 4.20. The Bertz CT molecular complexity index is 431. The van der Waals surface area contributed by atoms with E-state index in [9.17, 15) is 4.79 Å². The first-order valence-electron chi connectivity index (χ1n) is 6.68. The molecule has 0 aromatic carbocycles. The molecule has 19 heavy (non-hydrogen) atoms. The maximum Gasteiger partial charge on any atom is 0.414 e. The second-order valence-electron chi connectivity index (χ2n) is 4.20. The van der Waals surface area contributed by atoms with Crippen molar-refractivity contribution in [3.63, 3.8) is 0 Å². The lowest BCUT2D eigenvalue weighted by Crippen LogP contribution is -2.28. The average Bonchev–Trinajstić information content (AvgIpc) is 2.40. The fourth-order valence-electron chi connectivity index (χ4n) is 1.94. The molecule has 5 heteroatoms. The molecule has 0 bridgehead atoms. The highest BCUT2D eigenvalue weighted by atomic mass is 16.6. The number of aromatic nitrogens is 1. The first kappa shape index (κ1) is 15.3. The molecule has 0 fully saturated rings. The third-order valence-corrected chi connectivity index (χ3v) is 3.03. The van der Waals surface area contributed by atoms with Crippen LogP contribution < -0.4 is 9.80 Å². The molecular weight excluding hydrogens is 242 g/mol. The van der Waals surface area contributed by atoms with Crippen LogP contribution in [0.5, 0.6) is 0 Å². The topological polar surface area (TPSA) is 45.7 Å². The molecule has 1 aromatic heterocycles. The number of amides is 1. The lowest BCUT2D eigenvalue weighted by Gasteiger charge is -2.23. The number of pyridine rings is 1. The number of hydrogen-bond donors (Lipinski definition) is 0. The van der Waals surface area contributed by atoms with E-state index in [0.29, 0.717) is 6.61 Å². The lowest BCUT2D eigenvalue weighted by molar-refractivity contribution is 0.161. The second kappa shape index (κ2) is 6.97. The van der Waals surface area contributed by atoms with E-state index in [0.717, 1.165) is 30.3 Å². The van der Waals surface area contributed by atoms with Gasteiger partial charge in [-0.05, 0) is 39.8 Å². The standard InChI is InChI=1S/C14H23N3O2/c1-6-17(7-2)13-10-9-12(11(4)15-13)16(5)14(18)19-8-3/h9-10H,6-8H2,1-5H3. The summed E-state index contributed by atoms with van der Waals surface area (Å²) in [7, 11) is 1.69. The highest BCUT2D eigenvalue weighted by molar-refractivity contribution is 5.87. The van der Waals surface area contributed by atoms with Gasteiger partial charge in [-0.2, -0.15) is 0 Å². The summed E-state index contributed by atoms with van der Waals surface area (Å²) in [4.78, 5) is 19.9. The maximum absolute atomic E-state index is 11.7. The van der Waals surface area contributed by atoms with Gasteiger partial charge in [0.2, 0.25) is 0 Å². The molecule has 0 saturated carbocycles. The van der Waals surface area contributed by atoms with Gasteiger partial charge in [0.1, 0.15) is 5.82 Å². The molecular formula is C14H23N3O2. The molecule has 1 amide bonds. The third-order valence-electron chi connectivity index (χ3n) is 3.03.